The maximum absolute atomic E-state index is 15.0. The van der Waals surface area contributed by atoms with Crippen LogP contribution in [0.15, 0.2) is 42.7 Å². The fourth-order valence-electron chi connectivity index (χ4n) is 5.25. The Balaban J connectivity index is 1.12. The maximum Gasteiger partial charge on any atom is 0.248 e. The molecule has 0 bridgehead atoms. The van der Waals surface area contributed by atoms with Gasteiger partial charge in [0.25, 0.3) is 0 Å². The number of aromatic nitrogens is 2. The lowest BCUT2D eigenvalue weighted by atomic mass is 9.89. The number of carbonyl (C=O) groups excluding carboxylic acids is 1. The third kappa shape index (κ3) is 4.18. The van der Waals surface area contributed by atoms with Crippen LogP contribution in [0.4, 0.5) is 4.39 Å². The molecule has 6 rings (SSSR count). The molecule has 2 aromatic heterocycles. The second-order valence-corrected chi connectivity index (χ2v) is 10.1. The minimum absolute atomic E-state index is 0.124. The topological polar surface area (TPSA) is 58.6 Å². The van der Waals surface area contributed by atoms with Gasteiger partial charge in [-0.05, 0) is 61.9 Å². The Morgan fingerprint density at radius 1 is 1.09 bits per heavy atom. The van der Waals surface area contributed by atoms with E-state index in [1.165, 1.54) is 0 Å². The zero-order valence-electron chi connectivity index (χ0n) is 19.5. The average Bonchev–Trinajstić information content (AvgIpc) is 3.69. The van der Waals surface area contributed by atoms with E-state index >= 15 is 4.39 Å². The lowest BCUT2D eigenvalue weighted by Crippen LogP contribution is -2.59. The van der Waals surface area contributed by atoms with Crippen molar-refractivity contribution in [3.63, 3.8) is 0 Å². The Morgan fingerprint density at radius 2 is 1.91 bits per heavy atom. The molecule has 2 saturated heterocycles. The number of aryl methyl sites for hydroxylation is 1. The molecule has 6 nitrogen and oxygen atoms in total. The van der Waals surface area contributed by atoms with Crippen molar-refractivity contribution in [1.29, 1.82) is 0 Å². The van der Waals surface area contributed by atoms with E-state index in [4.69, 9.17) is 4.74 Å². The number of hydrogen-bond acceptors (Lipinski definition) is 5. The zero-order valence-corrected chi connectivity index (χ0v) is 19.5. The van der Waals surface area contributed by atoms with E-state index < -0.39 is 0 Å². The van der Waals surface area contributed by atoms with Crippen LogP contribution in [0, 0.1) is 12.7 Å². The second kappa shape index (κ2) is 8.40. The number of morpholine rings is 1. The van der Waals surface area contributed by atoms with Gasteiger partial charge in [-0.3, -0.25) is 19.7 Å². The first kappa shape index (κ1) is 21.6. The minimum atomic E-state index is -0.283. The van der Waals surface area contributed by atoms with Crippen molar-refractivity contribution < 1.29 is 13.9 Å². The highest BCUT2D eigenvalue weighted by Crippen LogP contribution is 2.36. The lowest BCUT2D eigenvalue weighted by Gasteiger charge is -2.47. The average molecular weight is 461 g/mol. The molecule has 1 aliphatic carbocycles. The number of carbonyl (C=O) groups is 1. The van der Waals surface area contributed by atoms with Gasteiger partial charge < -0.3 is 9.64 Å². The van der Waals surface area contributed by atoms with E-state index in [-0.39, 0.29) is 23.9 Å². The molecule has 2 aliphatic heterocycles. The van der Waals surface area contributed by atoms with Crippen molar-refractivity contribution in [1.82, 2.24) is 19.8 Å². The first-order chi connectivity index (χ1) is 16.5. The SMILES string of the molecule is Cc1cnc2cc(-c3cnc(CN4CCC5(CC4)CN(C4CC4)C(=O)CO5)c(F)c3)ccc2c1. The van der Waals surface area contributed by atoms with E-state index in [1.807, 2.05) is 36.2 Å². The first-order valence-electron chi connectivity index (χ1n) is 12.2. The van der Waals surface area contributed by atoms with Crippen LogP contribution in [-0.4, -0.2) is 63.6 Å². The normalized spacial score (nSPS) is 20.9. The number of benzene rings is 1. The van der Waals surface area contributed by atoms with Gasteiger partial charge in [0.1, 0.15) is 12.4 Å². The van der Waals surface area contributed by atoms with Gasteiger partial charge in [-0.1, -0.05) is 12.1 Å². The number of piperidine rings is 1. The molecule has 3 aromatic rings. The van der Waals surface area contributed by atoms with Crippen LogP contribution in [0.25, 0.3) is 22.0 Å². The molecule has 0 radical (unpaired) electrons. The Morgan fingerprint density at radius 3 is 2.68 bits per heavy atom. The van der Waals surface area contributed by atoms with Crippen LogP contribution in [0.2, 0.25) is 0 Å². The van der Waals surface area contributed by atoms with E-state index in [9.17, 15) is 4.79 Å². The largest absolute Gasteiger partial charge is 0.363 e. The number of nitrogens with zero attached hydrogens (tertiary/aromatic N) is 4. The summed E-state index contributed by atoms with van der Waals surface area (Å²) in [7, 11) is 0. The van der Waals surface area contributed by atoms with Crippen LogP contribution >= 0.6 is 0 Å². The van der Waals surface area contributed by atoms with Crippen LogP contribution in [0.5, 0.6) is 0 Å². The quantitative estimate of drug-likeness (QED) is 0.587. The fraction of sp³-hybridized carbons (Fsp3) is 0.444. The molecule has 0 unspecified atom stereocenters. The molecule has 34 heavy (non-hydrogen) atoms. The highest BCUT2D eigenvalue weighted by Gasteiger charge is 2.46. The monoisotopic (exact) mass is 460 g/mol. The summed E-state index contributed by atoms with van der Waals surface area (Å²) < 4.78 is 21.1. The molecule has 3 aliphatic rings. The molecule has 1 spiro atoms. The number of rotatable bonds is 4. The fourth-order valence-corrected chi connectivity index (χ4v) is 5.25. The van der Waals surface area contributed by atoms with Gasteiger partial charge in [0.05, 0.1) is 23.4 Å². The van der Waals surface area contributed by atoms with Crippen molar-refractivity contribution in [2.75, 3.05) is 26.2 Å². The highest BCUT2D eigenvalue weighted by atomic mass is 19.1. The molecule has 1 amide bonds. The summed E-state index contributed by atoms with van der Waals surface area (Å²) in [5.41, 5.74) is 3.89. The smallest absolute Gasteiger partial charge is 0.248 e. The number of fused-ring (bicyclic) bond motifs is 1. The molecule has 176 valence electrons. The molecule has 7 heteroatoms. The van der Waals surface area contributed by atoms with Crippen molar-refractivity contribution in [3.8, 4) is 11.1 Å². The molecular formula is C27H29FN4O2. The number of likely N-dealkylation sites (tertiary alicyclic amines) is 1. The van der Waals surface area contributed by atoms with Crippen LogP contribution in [0.1, 0.15) is 36.9 Å². The van der Waals surface area contributed by atoms with E-state index in [0.717, 1.165) is 66.4 Å². The maximum atomic E-state index is 15.0. The van der Waals surface area contributed by atoms with Crippen molar-refractivity contribution in [2.24, 2.45) is 0 Å². The predicted octanol–water partition coefficient (Wildman–Crippen LogP) is 4.10. The van der Waals surface area contributed by atoms with Crippen LogP contribution in [0.3, 0.4) is 0 Å². The van der Waals surface area contributed by atoms with Gasteiger partial charge in [-0.15, -0.1) is 0 Å². The minimum Gasteiger partial charge on any atom is -0.363 e. The third-order valence-electron chi connectivity index (χ3n) is 7.48. The molecule has 3 fully saturated rings. The Labute approximate surface area is 198 Å². The second-order valence-electron chi connectivity index (χ2n) is 10.1. The summed E-state index contributed by atoms with van der Waals surface area (Å²) in [4.78, 5) is 25.4. The van der Waals surface area contributed by atoms with Crippen molar-refractivity contribution in [2.45, 2.75) is 50.8 Å². The number of halogens is 1. The Bertz CT molecular complexity index is 1250. The Hall–Kier alpha value is -2.90. The van der Waals surface area contributed by atoms with Crippen molar-refractivity contribution in [3.05, 3.63) is 59.8 Å². The molecule has 4 heterocycles. The van der Waals surface area contributed by atoms with Gasteiger partial charge in [-0.25, -0.2) is 4.39 Å². The van der Waals surface area contributed by atoms with E-state index in [0.29, 0.717) is 24.8 Å². The summed E-state index contributed by atoms with van der Waals surface area (Å²) in [5.74, 6) is -0.159. The van der Waals surface area contributed by atoms with Gasteiger partial charge >= 0.3 is 0 Å². The summed E-state index contributed by atoms with van der Waals surface area (Å²) in [5, 5.41) is 1.07. The number of amides is 1. The predicted molar refractivity (Wildman–Crippen MR) is 128 cm³/mol. The molecule has 0 N–H and O–H groups in total. The molecule has 0 atom stereocenters. The molecular weight excluding hydrogens is 431 g/mol. The third-order valence-corrected chi connectivity index (χ3v) is 7.48. The summed E-state index contributed by atoms with van der Waals surface area (Å²) in [6, 6.07) is 10.1. The van der Waals surface area contributed by atoms with Gasteiger partial charge in [0.15, 0.2) is 0 Å². The van der Waals surface area contributed by atoms with Gasteiger partial charge in [0.2, 0.25) is 5.91 Å². The molecule has 1 saturated carbocycles. The van der Waals surface area contributed by atoms with Gasteiger partial charge in [-0.2, -0.15) is 0 Å². The number of hydrogen-bond donors (Lipinski definition) is 0. The summed E-state index contributed by atoms with van der Waals surface area (Å²) in [6.07, 6.45) is 7.53. The molecule has 1 aromatic carbocycles. The van der Waals surface area contributed by atoms with Crippen LogP contribution < -0.4 is 0 Å². The summed E-state index contributed by atoms with van der Waals surface area (Å²) >= 11 is 0. The van der Waals surface area contributed by atoms with E-state index in [1.54, 1.807) is 12.3 Å². The van der Waals surface area contributed by atoms with Crippen molar-refractivity contribution >= 4 is 16.8 Å². The van der Waals surface area contributed by atoms with Crippen LogP contribution in [-0.2, 0) is 16.1 Å². The zero-order chi connectivity index (χ0) is 23.3. The summed E-state index contributed by atoms with van der Waals surface area (Å²) in [6.45, 7) is 5.01. The Kier molecular flexibility index (Phi) is 5.34. The first-order valence-corrected chi connectivity index (χ1v) is 12.2. The number of ether oxygens (including phenoxy) is 1. The lowest BCUT2D eigenvalue weighted by molar-refractivity contribution is -0.172. The number of pyridine rings is 2. The van der Waals surface area contributed by atoms with Gasteiger partial charge in [0, 0.05) is 49.0 Å². The van der Waals surface area contributed by atoms with E-state index in [2.05, 4.69) is 20.9 Å². The standard InChI is InChI=1S/C27H29FN4O2/c1-18-10-20-3-2-19(12-24(20)29-13-18)21-11-23(28)25(30-14-21)15-31-8-6-27(7-9-31)17-32(22-4-5-22)26(33)16-34-27/h2-3,10-14,22H,4-9,15-17H2,1H3. The highest BCUT2D eigenvalue weighted by molar-refractivity contribution is 5.84.